The quantitative estimate of drug-likeness (QED) is 0.355. The van der Waals surface area contributed by atoms with Crippen LogP contribution in [0.2, 0.25) is 0 Å². The van der Waals surface area contributed by atoms with Crippen LogP contribution in [-0.2, 0) is 17.8 Å². The number of hydrogen-bond donors (Lipinski definition) is 1. The average Bonchev–Trinajstić information content (AvgIpc) is 2.66. The standard InChI is InChI=1S/C21H35N5O.HI/c1-6-22-21(25(5)16-20(27)26(7-2)8-3)23-15-17-11-12-19-18(14-17)10-9-13-24(19)4;/h11-12,14H,6-10,13,15-16H2,1-5H3,(H,22,23);1H. The van der Waals surface area contributed by atoms with Crippen LogP contribution < -0.4 is 10.2 Å². The zero-order chi connectivity index (χ0) is 19.8. The van der Waals surface area contributed by atoms with Crippen LogP contribution in [0.5, 0.6) is 0 Å². The highest BCUT2D eigenvalue weighted by Gasteiger charge is 2.16. The van der Waals surface area contributed by atoms with Crippen LogP contribution in [0.4, 0.5) is 5.69 Å². The van der Waals surface area contributed by atoms with E-state index in [2.05, 4.69) is 35.5 Å². The van der Waals surface area contributed by atoms with E-state index >= 15 is 0 Å². The van der Waals surface area contributed by atoms with Crippen LogP contribution in [0.15, 0.2) is 23.2 Å². The highest BCUT2D eigenvalue weighted by Crippen LogP contribution is 2.26. The minimum atomic E-state index is 0. The van der Waals surface area contributed by atoms with Crippen LogP contribution in [0.1, 0.15) is 38.3 Å². The Labute approximate surface area is 187 Å². The number of aryl methyl sites for hydroxylation is 1. The Morgan fingerprint density at radius 1 is 1.25 bits per heavy atom. The van der Waals surface area contributed by atoms with Crippen molar-refractivity contribution >= 4 is 41.5 Å². The summed E-state index contributed by atoms with van der Waals surface area (Å²) in [5.74, 6) is 0.901. The maximum absolute atomic E-state index is 12.4. The molecule has 0 bridgehead atoms. The Morgan fingerprint density at radius 3 is 2.61 bits per heavy atom. The number of amides is 1. The predicted octanol–water partition coefficient (Wildman–Crippen LogP) is 2.95. The molecule has 0 radical (unpaired) electrons. The zero-order valence-corrected chi connectivity index (χ0v) is 20.3. The molecule has 158 valence electrons. The smallest absolute Gasteiger partial charge is 0.242 e. The van der Waals surface area contributed by atoms with Crippen molar-refractivity contribution in [2.24, 2.45) is 4.99 Å². The molecule has 6 nitrogen and oxygen atoms in total. The van der Waals surface area contributed by atoms with Gasteiger partial charge >= 0.3 is 0 Å². The van der Waals surface area contributed by atoms with Gasteiger partial charge in [0, 0.05) is 46.0 Å². The maximum atomic E-state index is 12.4. The summed E-state index contributed by atoms with van der Waals surface area (Å²) in [6.45, 7) is 10.4. The van der Waals surface area contributed by atoms with E-state index in [1.165, 1.54) is 23.2 Å². The third kappa shape index (κ3) is 6.53. The van der Waals surface area contributed by atoms with Gasteiger partial charge in [0.1, 0.15) is 0 Å². The number of rotatable bonds is 7. The number of fused-ring (bicyclic) bond motifs is 1. The van der Waals surface area contributed by atoms with E-state index in [1.54, 1.807) is 0 Å². The van der Waals surface area contributed by atoms with Gasteiger partial charge in [0.25, 0.3) is 0 Å². The highest BCUT2D eigenvalue weighted by molar-refractivity contribution is 14.0. The van der Waals surface area contributed by atoms with Crippen molar-refractivity contribution in [3.63, 3.8) is 0 Å². The molecule has 7 heteroatoms. The van der Waals surface area contributed by atoms with Gasteiger partial charge in [-0.2, -0.15) is 0 Å². The number of nitrogens with one attached hydrogen (secondary N) is 1. The fourth-order valence-electron chi connectivity index (χ4n) is 3.53. The predicted molar refractivity (Wildman–Crippen MR) is 129 cm³/mol. The molecule has 0 fully saturated rings. The Balaban J connectivity index is 0.00000392. The number of benzene rings is 1. The van der Waals surface area contributed by atoms with Crippen LogP contribution in [0.25, 0.3) is 0 Å². The summed E-state index contributed by atoms with van der Waals surface area (Å²) in [5, 5.41) is 3.30. The van der Waals surface area contributed by atoms with Crippen molar-refractivity contribution < 1.29 is 4.79 Å². The van der Waals surface area contributed by atoms with Gasteiger partial charge in [-0.05, 0) is 50.8 Å². The molecule has 1 N–H and O–H groups in total. The minimum Gasteiger partial charge on any atom is -0.374 e. The topological polar surface area (TPSA) is 51.2 Å². The van der Waals surface area contributed by atoms with Crippen LogP contribution in [-0.4, -0.2) is 68.5 Å². The zero-order valence-electron chi connectivity index (χ0n) is 18.0. The molecular weight excluding hydrogens is 465 g/mol. The molecule has 0 aromatic heterocycles. The van der Waals surface area contributed by atoms with Gasteiger partial charge in [0.2, 0.25) is 5.91 Å². The van der Waals surface area contributed by atoms with E-state index in [1.807, 2.05) is 37.6 Å². The first kappa shape index (κ1) is 24.5. The van der Waals surface area contributed by atoms with Gasteiger partial charge < -0.3 is 20.0 Å². The molecule has 1 amide bonds. The number of likely N-dealkylation sites (N-methyl/N-ethyl adjacent to an activating group) is 2. The second kappa shape index (κ2) is 12.1. The molecule has 0 unspecified atom stereocenters. The number of aliphatic imine (C=N–C) groups is 1. The van der Waals surface area contributed by atoms with Crippen molar-refractivity contribution in [2.75, 3.05) is 51.7 Å². The van der Waals surface area contributed by atoms with Crippen LogP contribution >= 0.6 is 24.0 Å². The number of nitrogens with zero attached hydrogens (tertiary/aromatic N) is 4. The van der Waals surface area contributed by atoms with Gasteiger partial charge in [-0.25, -0.2) is 4.99 Å². The molecule has 1 aliphatic rings. The van der Waals surface area contributed by atoms with E-state index in [9.17, 15) is 4.79 Å². The van der Waals surface area contributed by atoms with Crippen molar-refractivity contribution in [2.45, 2.75) is 40.2 Å². The third-order valence-electron chi connectivity index (χ3n) is 5.09. The number of guanidine groups is 1. The Hall–Kier alpha value is -1.51. The van der Waals surface area contributed by atoms with Gasteiger partial charge in [0.15, 0.2) is 5.96 Å². The Kier molecular flexibility index (Phi) is 10.6. The third-order valence-corrected chi connectivity index (χ3v) is 5.09. The summed E-state index contributed by atoms with van der Waals surface area (Å²) in [4.78, 5) is 23.2. The van der Waals surface area contributed by atoms with E-state index in [-0.39, 0.29) is 29.9 Å². The van der Waals surface area contributed by atoms with Crippen molar-refractivity contribution in [3.8, 4) is 0 Å². The summed E-state index contributed by atoms with van der Waals surface area (Å²) in [6.07, 6.45) is 2.34. The summed E-state index contributed by atoms with van der Waals surface area (Å²) >= 11 is 0. The lowest BCUT2D eigenvalue weighted by Crippen LogP contribution is -2.45. The number of hydrogen-bond acceptors (Lipinski definition) is 3. The van der Waals surface area contributed by atoms with Crippen LogP contribution in [0.3, 0.4) is 0 Å². The fourth-order valence-corrected chi connectivity index (χ4v) is 3.53. The molecule has 1 aromatic carbocycles. The fraction of sp³-hybridized carbons (Fsp3) is 0.619. The SMILES string of the molecule is CCNC(=NCc1ccc2c(c1)CCCN2C)N(C)CC(=O)N(CC)CC.I. The number of halogens is 1. The van der Waals surface area contributed by atoms with Crippen molar-refractivity contribution in [3.05, 3.63) is 29.3 Å². The molecule has 1 aromatic rings. The van der Waals surface area contributed by atoms with E-state index in [0.717, 1.165) is 38.6 Å². The molecule has 2 rings (SSSR count). The van der Waals surface area contributed by atoms with Gasteiger partial charge in [-0.3, -0.25) is 4.79 Å². The van der Waals surface area contributed by atoms with Crippen molar-refractivity contribution in [1.82, 2.24) is 15.1 Å². The maximum Gasteiger partial charge on any atom is 0.242 e. The average molecular weight is 501 g/mol. The van der Waals surface area contributed by atoms with Crippen molar-refractivity contribution in [1.29, 1.82) is 0 Å². The van der Waals surface area contributed by atoms with E-state index in [4.69, 9.17) is 4.99 Å². The summed E-state index contributed by atoms with van der Waals surface area (Å²) < 4.78 is 0. The summed E-state index contributed by atoms with van der Waals surface area (Å²) in [7, 11) is 4.08. The molecule has 0 spiro atoms. The lowest BCUT2D eigenvalue weighted by molar-refractivity contribution is -0.131. The van der Waals surface area contributed by atoms with E-state index in [0.29, 0.717) is 13.1 Å². The first-order valence-corrected chi connectivity index (χ1v) is 10.1. The molecule has 0 aliphatic carbocycles. The Morgan fingerprint density at radius 2 is 1.96 bits per heavy atom. The molecule has 28 heavy (non-hydrogen) atoms. The van der Waals surface area contributed by atoms with Gasteiger partial charge in [-0.15, -0.1) is 24.0 Å². The molecule has 1 aliphatic heterocycles. The van der Waals surface area contributed by atoms with Gasteiger partial charge in [-0.1, -0.05) is 12.1 Å². The number of carbonyl (C=O) groups is 1. The summed E-state index contributed by atoms with van der Waals surface area (Å²) in [5.41, 5.74) is 3.96. The highest BCUT2D eigenvalue weighted by atomic mass is 127. The van der Waals surface area contributed by atoms with E-state index < -0.39 is 0 Å². The number of anilines is 1. The second-order valence-electron chi connectivity index (χ2n) is 7.08. The lowest BCUT2D eigenvalue weighted by atomic mass is 10.00. The molecule has 0 saturated carbocycles. The van der Waals surface area contributed by atoms with Crippen LogP contribution in [0, 0.1) is 0 Å². The largest absolute Gasteiger partial charge is 0.374 e. The molecule has 0 saturated heterocycles. The second-order valence-corrected chi connectivity index (χ2v) is 7.08. The lowest BCUT2D eigenvalue weighted by Gasteiger charge is -2.28. The molecule has 0 atom stereocenters. The first-order chi connectivity index (χ1) is 13.0. The first-order valence-electron chi connectivity index (χ1n) is 10.1. The van der Waals surface area contributed by atoms with Gasteiger partial charge in [0.05, 0.1) is 13.1 Å². The Bertz CT molecular complexity index is 660. The number of carbonyl (C=O) groups excluding carboxylic acids is 1. The summed E-state index contributed by atoms with van der Waals surface area (Å²) in [6, 6.07) is 6.65. The molecular formula is C21H36IN5O. The normalized spacial score (nSPS) is 13.5. The molecule has 1 heterocycles. The monoisotopic (exact) mass is 501 g/mol. The minimum absolute atomic E-state index is 0.